The van der Waals surface area contributed by atoms with Crippen molar-refractivity contribution in [3.8, 4) is 34.0 Å². The zero-order chi connectivity index (χ0) is 25.0. The van der Waals surface area contributed by atoms with Gasteiger partial charge in [0.25, 0.3) is 5.89 Å². The smallest absolute Gasteiger partial charge is 0.416 e. The summed E-state index contributed by atoms with van der Waals surface area (Å²) in [7, 11) is 0. The fraction of sp³-hybridized carbons (Fsp3) is 0.192. The van der Waals surface area contributed by atoms with E-state index in [1.807, 2.05) is 43.3 Å². The monoisotopic (exact) mass is 517 g/mol. The zero-order valence-corrected chi connectivity index (χ0v) is 20.0. The number of nitrogens with one attached hydrogen (secondary N) is 1. The number of benzene rings is 3. The summed E-state index contributed by atoms with van der Waals surface area (Å²) in [6.45, 7) is 2.82. The Balaban J connectivity index is 0.00000361. The van der Waals surface area contributed by atoms with Crippen LogP contribution in [-0.4, -0.2) is 27.8 Å². The molecule has 0 radical (unpaired) electrons. The zero-order valence-electron chi connectivity index (χ0n) is 19.2. The number of carbonyl (C=O) groups is 1. The second-order valence-corrected chi connectivity index (χ2v) is 8.05. The van der Waals surface area contributed by atoms with Crippen LogP contribution in [0.2, 0.25) is 0 Å². The van der Waals surface area contributed by atoms with Crippen molar-refractivity contribution in [2.75, 3.05) is 6.54 Å². The first-order valence-corrected chi connectivity index (χ1v) is 10.8. The van der Waals surface area contributed by atoms with Crippen LogP contribution in [0.15, 0.2) is 71.3 Å². The lowest BCUT2D eigenvalue weighted by atomic mass is 9.99. The molecular formula is C26H23ClF3N3O3. The van der Waals surface area contributed by atoms with Crippen LogP contribution in [0.25, 0.3) is 34.0 Å². The number of aromatic nitrogens is 2. The largest absolute Gasteiger partial charge is 0.481 e. The molecule has 0 aliphatic carbocycles. The molecule has 1 heterocycles. The van der Waals surface area contributed by atoms with Crippen molar-refractivity contribution in [3.63, 3.8) is 0 Å². The van der Waals surface area contributed by atoms with Crippen molar-refractivity contribution in [2.45, 2.75) is 26.1 Å². The van der Waals surface area contributed by atoms with Gasteiger partial charge in [-0.2, -0.15) is 18.2 Å². The summed E-state index contributed by atoms with van der Waals surface area (Å²) in [4.78, 5) is 15.1. The molecule has 0 fully saturated rings. The second-order valence-electron chi connectivity index (χ2n) is 8.05. The van der Waals surface area contributed by atoms with E-state index in [1.54, 1.807) is 6.07 Å². The highest BCUT2D eigenvalue weighted by atomic mass is 35.5. The lowest BCUT2D eigenvalue weighted by Crippen LogP contribution is -2.17. The van der Waals surface area contributed by atoms with Gasteiger partial charge in [0, 0.05) is 24.2 Å². The number of carboxylic acids is 1. The molecule has 4 rings (SSSR count). The summed E-state index contributed by atoms with van der Waals surface area (Å²) >= 11 is 0. The number of hydrogen-bond acceptors (Lipinski definition) is 5. The van der Waals surface area contributed by atoms with Gasteiger partial charge in [-0.3, -0.25) is 4.79 Å². The number of aliphatic carboxylic acids is 1. The van der Waals surface area contributed by atoms with E-state index in [9.17, 15) is 18.0 Å². The Morgan fingerprint density at radius 1 is 0.972 bits per heavy atom. The van der Waals surface area contributed by atoms with Crippen LogP contribution in [-0.2, 0) is 17.5 Å². The number of rotatable bonds is 8. The molecule has 6 nitrogen and oxygen atoms in total. The highest BCUT2D eigenvalue weighted by Gasteiger charge is 2.30. The van der Waals surface area contributed by atoms with Crippen LogP contribution in [0.1, 0.15) is 23.1 Å². The van der Waals surface area contributed by atoms with Crippen LogP contribution in [0.4, 0.5) is 13.2 Å². The highest BCUT2D eigenvalue weighted by Crippen LogP contribution is 2.33. The Morgan fingerprint density at radius 3 is 2.22 bits per heavy atom. The molecule has 0 unspecified atom stereocenters. The van der Waals surface area contributed by atoms with Crippen molar-refractivity contribution in [1.82, 2.24) is 15.5 Å². The number of alkyl halides is 3. The average molecular weight is 518 g/mol. The molecule has 0 saturated heterocycles. The van der Waals surface area contributed by atoms with E-state index < -0.39 is 17.7 Å². The molecule has 3 aromatic carbocycles. The van der Waals surface area contributed by atoms with Gasteiger partial charge in [0.05, 0.1) is 12.0 Å². The molecule has 0 atom stereocenters. The van der Waals surface area contributed by atoms with Gasteiger partial charge in [0.15, 0.2) is 0 Å². The lowest BCUT2D eigenvalue weighted by Gasteiger charge is -2.09. The third kappa shape index (κ3) is 6.50. The van der Waals surface area contributed by atoms with Gasteiger partial charge in [0.1, 0.15) is 0 Å². The molecule has 36 heavy (non-hydrogen) atoms. The van der Waals surface area contributed by atoms with Crippen molar-refractivity contribution in [1.29, 1.82) is 0 Å². The minimum atomic E-state index is -4.37. The molecule has 0 aliphatic rings. The molecule has 188 valence electrons. The standard InChI is InChI=1S/C26H22F3N3O3.ClH/c1-16-14-20(18-6-9-21(10-7-18)26(27,28)29)8-11-22(16)25-31-24(32-35-25)19-4-2-17(3-5-19)15-30-13-12-23(33)34;/h2-11,14,30H,12-13,15H2,1H3,(H,33,34);1H. The normalized spacial score (nSPS) is 11.2. The highest BCUT2D eigenvalue weighted by molar-refractivity contribution is 5.85. The van der Waals surface area contributed by atoms with Gasteiger partial charge in [0.2, 0.25) is 5.82 Å². The number of nitrogens with zero attached hydrogens (tertiary/aromatic N) is 2. The van der Waals surface area contributed by atoms with Gasteiger partial charge in [-0.05, 0) is 47.4 Å². The molecule has 0 spiro atoms. The Morgan fingerprint density at radius 2 is 1.61 bits per heavy atom. The van der Waals surface area contributed by atoms with E-state index in [2.05, 4.69) is 15.5 Å². The number of aryl methyl sites for hydroxylation is 1. The van der Waals surface area contributed by atoms with Gasteiger partial charge < -0.3 is 14.9 Å². The molecule has 0 saturated carbocycles. The maximum atomic E-state index is 12.8. The first kappa shape index (κ1) is 26.9. The Hall–Kier alpha value is -3.69. The van der Waals surface area contributed by atoms with E-state index in [0.717, 1.165) is 39.9 Å². The molecule has 0 bridgehead atoms. The fourth-order valence-electron chi connectivity index (χ4n) is 3.58. The minimum Gasteiger partial charge on any atom is -0.481 e. The van der Waals surface area contributed by atoms with Crippen molar-refractivity contribution in [3.05, 3.63) is 83.4 Å². The Labute approximate surface area is 211 Å². The molecule has 1 aromatic heterocycles. The maximum Gasteiger partial charge on any atom is 0.416 e. The van der Waals surface area contributed by atoms with Crippen LogP contribution in [0.3, 0.4) is 0 Å². The molecule has 2 N–H and O–H groups in total. The van der Waals surface area contributed by atoms with Gasteiger partial charge >= 0.3 is 12.1 Å². The summed E-state index contributed by atoms with van der Waals surface area (Å²) in [5, 5.41) is 15.8. The van der Waals surface area contributed by atoms with E-state index in [1.165, 1.54) is 12.1 Å². The molecule has 0 amide bonds. The van der Waals surface area contributed by atoms with Gasteiger partial charge in [-0.1, -0.05) is 53.7 Å². The maximum absolute atomic E-state index is 12.8. The molecule has 4 aromatic rings. The van der Waals surface area contributed by atoms with Crippen molar-refractivity contribution < 1.29 is 27.6 Å². The summed E-state index contributed by atoms with van der Waals surface area (Å²) < 4.78 is 43.9. The molecule has 10 heteroatoms. The fourth-order valence-corrected chi connectivity index (χ4v) is 3.58. The number of halogens is 4. The SMILES string of the molecule is Cc1cc(-c2ccc(C(F)(F)F)cc2)ccc1-c1nc(-c2ccc(CNCCC(=O)O)cc2)no1.Cl. The number of carboxylic acid groups (broad SMARTS) is 1. The van der Waals surface area contributed by atoms with E-state index in [0.29, 0.717) is 30.4 Å². The van der Waals surface area contributed by atoms with Gasteiger partial charge in [-0.25, -0.2) is 0 Å². The summed E-state index contributed by atoms with van der Waals surface area (Å²) in [5.41, 5.74) is 4.13. The van der Waals surface area contributed by atoms with Gasteiger partial charge in [-0.15, -0.1) is 12.4 Å². The summed E-state index contributed by atoms with van der Waals surface area (Å²) in [5.74, 6) is -0.0716. The second kappa shape index (κ2) is 11.4. The van der Waals surface area contributed by atoms with Crippen molar-refractivity contribution >= 4 is 18.4 Å². The molecule has 0 aliphatic heterocycles. The quantitative estimate of drug-likeness (QED) is 0.263. The topological polar surface area (TPSA) is 88.2 Å². The van der Waals surface area contributed by atoms with E-state index in [-0.39, 0.29) is 18.8 Å². The van der Waals surface area contributed by atoms with E-state index >= 15 is 0 Å². The van der Waals surface area contributed by atoms with Crippen LogP contribution in [0.5, 0.6) is 0 Å². The number of hydrogen-bond donors (Lipinski definition) is 2. The lowest BCUT2D eigenvalue weighted by molar-refractivity contribution is -0.138. The van der Waals surface area contributed by atoms with E-state index in [4.69, 9.17) is 9.63 Å². The summed E-state index contributed by atoms with van der Waals surface area (Å²) in [6, 6.07) is 18.1. The van der Waals surface area contributed by atoms with Crippen molar-refractivity contribution in [2.24, 2.45) is 0 Å². The predicted molar refractivity (Wildman–Crippen MR) is 132 cm³/mol. The third-order valence-corrected chi connectivity index (χ3v) is 5.49. The average Bonchev–Trinajstić information content (AvgIpc) is 3.31. The third-order valence-electron chi connectivity index (χ3n) is 5.49. The van der Waals surface area contributed by atoms with Crippen LogP contribution in [0, 0.1) is 6.92 Å². The Bertz CT molecular complexity index is 1320. The predicted octanol–water partition coefficient (Wildman–Crippen LogP) is 6.38. The summed E-state index contributed by atoms with van der Waals surface area (Å²) in [6.07, 6.45) is -4.30. The Kier molecular flexibility index (Phi) is 8.49. The first-order chi connectivity index (χ1) is 16.7. The molecular weight excluding hydrogens is 495 g/mol. The first-order valence-electron chi connectivity index (χ1n) is 10.8. The minimum absolute atomic E-state index is 0. The van der Waals surface area contributed by atoms with Crippen LogP contribution < -0.4 is 5.32 Å². The van der Waals surface area contributed by atoms with Crippen LogP contribution >= 0.6 is 12.4 Å².